The molecule has 7 nitrogen and oxygen atoms in total. The van der Waals surface area contributed by atoms with Gasteiger partial charge in [-0.2, -0.15) is 0 Å². The second kappa shape index (κ2) is 15.0. The van der Waals surface area contributed by atoms with Crippen LogP contribution < -0.4 is 0 Å². The Kier molecular flexibility index (Phi) is 14.9. The molecule has 0 aliphatic rings. The van der Waals surface area contributed by atoms with Crippen molar-refractivity contribution < 1.29 is 34.4 Å². The summed E-state index contributed by atoms with van der Waals surface area (Å²) in [4.78, 5) is 29.2. The molecular formula is C15H22O7. The lowest BCUT2D eigenvalue weighted by Crippen LogP contribution is -2.22. The molecule has 0 amide bonds. The van der Waals surface area contributed by atoms with Crippen molar-refractivity contribution in [2.75, 3.05) is 6.61 Å². The van der Waals surface area contributed by atoms with E-state index in [0.29, 0.717) is 18.6 Å². The van der Waals surface area contributed by atoms with Crippen molar-refractivity contribution in [2.24, 2.45) is 0 Å². The number of hydrogen-bond donors (Lipinski definition) is 3. The van der Waals surface area contributed by atoms with E-state index in [9.17, 15) is 9.59 Å². The molecule has 3 N–H and O–H groups in total. The van der Waals surface area contributed by atoms with Crippen molar-refractivity contribution in [3.05, 3.63) is 35.9 Å². The molecule has 22 heavy (non-hydrogen) atoms. The fraction of sp³-hybridized carbons (Fsp3) is 0.400. The van der Waals surface area contributed by atoms with Gasteiger partial charge in [-0.15, -0.1) is 0 Å². The average Bonchev–Trinajstić information content (AvgIpc) is 2.54. The van der Waals surface area contributed by atoms with Gasteiger partial charge in [-0.3, -0.25) is 4.79 Å². The van der Waals surface area contributed by atoms with Gasteiger partial charge in [0.05, 0.1) is 12.2 Å². The van der Waals surface area contributed by atoms with Crippen LogP contribution in [0.1, 0.15) is 37.0 Å². The highest BCUT2D eigenvalue weighted by molar-refractivity contribution is 5.87. The maximum absolute atomic E-state index is 10.7. The van der Waals surface area contributed by atoms with Gasteiger partial charge in [0, 0.05) is 0 Å². The Labute approximate surface area is 129 Å². The molecule has 7 heteroatoms. The number of carboxylic acids is 1. The molecule has 1 unspecified atom stereocenters. The third-order valence-electron chi connectivity index (χ3n) is 2.13. The second-order valence-corrected chi connectivity index (χ2v) is 3.87. The molecule has 124 valence electrons. The quantitative estimate of drug-likeness (QED) is 0.559. The molecular weight excluding hydrogens is 292 g/mol. The van der Waals surface area contributed by atoms with E-state index in [0.717, 1.165) is 6.42 Å². The van der Waals surface area contributed by atoms with Crippen LogP contribution in [0, 0.1) is 0 Å². The van der Waals surface area contributed by atoms with Gasteiger partial charge >= 0.3 is 11.9 Å². The van der Waals surface area contributed by atoms with E-state index >= 15 is 0 Å². The van der Waals surface area contributed by atoms with Crippen LogP contribution in [0.4, 0.5) is 0 Å². The highest BCUT2D eigenvalue weighted by Gasteiger charge is 2.12. The predicted molar refractivity (Wildman–Crippen MR) is 79.6 cm³/mol. The molecule has 0 saturated carbocycles. The molecule has 0 heterocycles. The Morgan fingerprint density at radius 2 is 1.73 bits per heavy atom. The topological polar surface area (TPSA) is 121 Å². The summed E-state index contributed by atoms with van der Waals surface area (Å²) in [5.74, 6) is -1.39. The summed E-state index contributed by atoms with van der Waals surface area (Å²) < 4.78 is 4.65. The molecule has 0 aromatic heterocycles. The number of aliphatic hydroxyl groups excluding tert-OH is 1. The first-order chi connectivity index (χ1) is 10.4. The Morgan fingerprint density at radius 1 is 1.23 bits per heavy atom. The summed E-state index contributed by atoms with van der Waals surface area (Å²) >= 11 is 0. The van der Waals surface area contributed by atoms with E-state index in [4.69, 9.17) is 20.1 Å². The molecule has 0 radical (unpaired) electrons. The number of hydrogen-bond acceptors (Lipinski definition) is 5. The van der Waals surface area contributed by atoms with Crippen LogP contribution in [0.2, 0.25) is 0 Å². The number of aliphatic hydroxyl groups is 1. The highest BCUT2D eigenvalue weighted by atomic mass is 16.5. The lowest BCUT2D eigenvalue weighted by molar-refractivity contribution is -0.153. The monoisotopic (exact) mass is 314 g/mol. The fourth-order valence-corrected chi connectivity index (χ4v) is 1.05. The largest absolute Gasteiger partial charge is 0.483 e. The molecule has 0 spiro atoms. The second-order valence-electron chi connectivity index (χ2n) is 3.87. The van der Waals surface area contributed by atoms with Crippen LogP contribution in [-0.2, 0) is 14.3 Å². The molecule has 0 aliphatic carbocycles. The zero-order valence-corrected chi connectivity index (χ0v) is 12.6. The van der Waals surface area contributed by atoms with E-state index < -0.39 is 18.0 Å². The van der Waals surface area contributed by atoms with Gasteiger partial charge in [-0.25, -0.2) is 9.59 Å². The third-order valence-corrected chi connectivity index (χ3v) is 2.13. The Bertz CT molecular complexity index is 417. The van der Waals surface area contributed by atoms with Crippen LogP contribution in [0.5, 0.6) is 0 Å². The van der Waals surface area contributed by atoms with E-state index in [-0.39, 0.29) is 6.47 Å². The van der Waals surface area contributed by atoms with Crippen LogP contribution >= 0.6 is 0 Å². The number of aromatic carboxylic acids is 1. The number of ether oxygens (including phenoxy) is 1. The standard InChI is InChI=1S/C7H14O3.C7H6O2.CH2O2/c1-3-5-10-7(9)6(8)4-2;8-7(9)6-4-2-1-3-5-6;2-1-3/h6,8H,3-5H2,1-2H3;1-5H,(H,8,9);1H,(H,2,3). The van der Waals surface area contributed by atoms with Gasteiger partial charge in [0.15, 0.2) is 6.10 Å². The Morgan fingerprint density at radius 3 is 2.05 bits per heavy atom. The zero-order valence-electron chi connectivity index (χ0n) is 12.6. The first-order valence-corrected chi connectivity index (χ1v) is 6.65. The smallest absolute Gasteiger partial charge is 0.335 e. The van der Waals surface area contributed by atoms with E-state index in [1.54, 1.807) is 37.3 Å². The van der Waals surface area contributed by atoms with Gasteiger partial charge in [0.25, 0.3) is 6.47 Å². The minimum absolute atomic E-state index is 0.250. The SMILES string of the molecule is CCCOC(=O)C(O)CC.O=C(O)c1ccccc1.O=CO. The Hall–Kier alpha value is -2.41. The highest BCUT2D eigenvalue weighted by Crippen LogP contribution is 1.96. The van der Waals surface area contributed by atoms with Crippen molar-refractivity contribution in [1.82, 2.24) is 0 Å². The van der Waals surface area contributed by atoms with Crippen molar-refractivity contribution in [3.63, 3.8) is 0 Å². The van der Waals surface area contributed by atoms with Crippen molar-refractivity contribution >= 4 is 18.4 Å². The molecule has 1 aromatic rings. The summed E-state index contributed by atoms with van der Waals surface area (Å²) in [5.41, 5.74) is 0.331. The number of esters is 1. The van der Waals surface area contributed by atoms with E-state index in [2.05, 4.69) is 4.74 Å². The first-order valence-electron chi connectivity index (χ1n) is 6.65. The Balaban J connectivity index is 0. The molecule has 1 rings (SSSR count). The number of rotatable bonds is 5. The van der Waals surface area contributed by atoms with Gasteiger partial charge < -0.3 is 20.1 Å². The fourth-order valence-electron chi connectivity index (χ4n) is 1.05. The number of carboxylic acid groups (broad SMARTS) is 2. The number of carbonyl (C=O) groups is 3. The minimum atomic E-state index is -0.938. The van der Waals surface area contributed by atoms with Crippen LogP contribution in [0.3, 0.4) is 0 Å². The summed E-state index contributed by atoms with van der Waals surface area (Å²) in [6.07, 6.45) is 0.275. The van der Waals surface area contributed by atoms with Gasteiger partial charge in [-0.1, -0.05) is 32.0 Å². The minimum Gasteiger partial charge on any atom is -0.483 e. The predicted octanol–water partition coefficient (Wildman–Crippen LogP) is 1.80. The maximum atomic E-state index is 10.7. The first kappa shape index (κ1) is 21.9. The molecule has 1 atom stereocenters. The molecule has 0 fully saturated rings. The molecule has 1 aromatic carbocycles. The molecule has 0 bridgehead atoms. The summed E-state index contributed by atoms with van der Waals surface area (Å²) in [5, 5.41) is 24.2. The molecule has 0 saturated heterocycles. The van der Waals surface area contributed by atoms with Crippen molar-refractivity contribution in [3.8, 4) is 0 Å². The van der Waals surface area contributed by atoms with Crippen LogP contribution in [0.25, 0.3) is 0 Å². The number of benzene rings is 1. The zero-order chi connectivity index (χ0) is 17.4. The number of carbonyl (C=O) groups excluding carboxylic acids is 1. The van der Waals surface area contributed by atoms with Crippen molar-refractivity contribution in [2.45, 2.75) is 32.8 Å². The lowest BCUT2D eigenvalue weighted by Gasteiger charge is -2.06. The van der Waals surface area contributed by atoms with Crippen LogP contribution in [-0.4, -0.2) is 46.4 Å². The molecule has 0 aliphatic heterocycles. The van der Waals surface area contributed by atoms with Gasteiger partial charge in [0.1, 0.15) is 0 Å². The third kappa shape index (κ3) is 12.6. The lowest BCUT2D eigenvalue weighted by atomic mass is 10.2. The summed E-state index contributed by atoms with van der Waals surface area (Å²) in [6, 6.07) is 8.30. The average molecular weight is 314 g/mol. The van der Waals surface area contributed by atoms with Crippen LogP contribution in [0.15, 0.2) is 30.3 Å². The summed E-state index contributed by atoms with van der Waals surface area (Å²) in [6.45, 7) is 3.79. The van der Waals surface area contributed by atoms with Crippen molar-refractivity contribution in [1.29, 1.82) is 0 Å². The van der Waals surface area contributed by atoms with E-state index in [1.807, 2.05) is 6.92 Å². The van der Waals surface area contributed by atoms with Gasteiger partial charge in [-0.05, 0) is 25.0 Å². The van der Waals surface area contributed by atoms with Gasteiger partial charge in [0.2, 0.25) is 0 Å². The normalized spacial score (nSPS) is 9.95. The van der Waals surface area contributed by atoms with E-state index in [1.165, 1.54) is 0 Å². The summed E-state index contributed by atoms with van der Waals surface area (Å²) in [7, 11) is 0. The maximum Gasteiger partial charge on any atom is 0.335 e.